The van der Waals surface area contributed by atoms with Crippen molar-refractivity contribution in [2.45, 2.75) is 38.6 Å². The molecule has 1 aliphatic carbocycles. The molecule has 2 aromatic rings. The Morgan fingerprint density at radius 2 is 2.00 bits per heavy atom. The van der Waals surface area contributed by atoms with Crippen molar-refractivity contribution in [1.29, 1.82) is 0 Å². The lowest BCUT2D eigenvalue weighted by atomic mass is 10.0. The molecule has 8 heteroatoms. The monoisotopic (exact) mass is 330 g/mol. The van der Waals surface area contributed by atoms with Gasteiger partial charge in [0.2, 0.25) is 5.89 Å². The molecule has 0 saturated heterocycles. The van der Waals surface area contributed by atoms with Gasteiger partial charge in [0.05, 0.1) is 4.92 Å². The number of nitro benzene ring substituents is 1. The third kappa shape index (κ3) is 3.42. The number of carbonyl (C=O) groups excluding carboxylic acids is 1. The maximum absolute atomic E-state index is 12.4. The van der Waals surface area contributed by atoms with Crippen LogP contribution in [0.3, 0.4) is 0 Å². The molecule has 1 amide bonds. The van der Waals surface area contributed by atoms with Crippen LogP contribution < -0.4 is 5.32 Å². The molecule has 1 aromatic carbocycles. The lowest BCUT2D eigenvalue weighted by Crippen LogP contribution is -2.32. The highest BCUT2D eigenvalue weighted by Gasteiger charge is 2.31. The summed E-state index contributed by atoms with van der Waals surface area (Å²) in [5, 5.41) is 17.5. The number of nitrogens with one attached hydrogen (secondary N) is 1. The summed E-state index contributed by atoms with van der Waals surface area (Å²) in [7, 11) is 0. The predicted molar refractivity (Wildman–Crippen MR) is 84.4 cm³/mol. The van der Waals surface area contributed by atoms with Gasteiger partial charge in [0, 0.05) is 23.6 Å². The fourth-order valence-electron chi connectivity index (χ4n) is 2.35. The summed E-state index contributed by atoms with van der Waals surface area (Å²) < 4.78 is 5.31. The summed E-state index contributed by atoms with van der Waals surface area (Å²) >= 11 is 0. The van der Waals surface area contributed by atoms with Crippen molar-refractivity contribution < 1.29 is 14.2 Å². The Hall–Kier alpha value is -2.77. The van der Waals surface area contributed by atoms with Gasteiger partial charge in [0.15, 0.2) is 5.82 Å². The average Bonchev–Trinajstić information content (AvgIpc) is 3.30. The summed E-state index contributed by atoms with van der Waals surface area (Å²) in [5.74, 6) is 1.18. The predicted octanol–water partition coefficient (Wildman–Crippen LogP) is 2.98. The first kappa shape index (κ1) is 16.1. The minimum Gasteiger partial charge on any atom is -0.340 e. The van der Waals surface area contributed by atoms with Crippen molar-refractivity contribution in [3.63, 3.8) is 0 Å². The second-order valence-electron chi connectivity index (χ2n) is 6.26. The Bertz CT molecular complexity index is 750. The van der Waals surface area contributed by atoms with Gasteiger partial charge in [-0.05, 0) is 30.9 Å². The van der Waals surface area contributed by atoms with Crippen molar-refractivity contribution in [2.75, 3.05) is 0 Å². The van der Waals surface area contributed by atoms with Crippen LogP contribution in [0.5, 0.6) is 0 Å². The molecule has 0 aliphatic heterocycles. The molecular weight excluding hydrogens is 312 g/mol. The first-order chi connectivity index (χ1) is 11.5. The molecule has 8 nitrogen and oxygen atoms in total. The summed E-state index contributed by atoms with van der Waals surface area (Å²) in [6.45, 7) is 3.89. The van der Waals surface area contributed by atoms with Crippen LogP contribution in [0.4, 0.5) is 5.69 Å². The SMILES string of the molecule is CC(C)C(NC(=O)c1ccc([N+](=O)[O-])cc1)c1nc(C2CC2)no1. The normalized spacial score (nSPS) is 15.3. The molecular formula is C16H18N4O4. The zero-order valence-corrected chi connectivity index (χ0v) is 13.4. The number of benzene rings is 1. The van der Waals surface area contributed by atoms with Crippen LogP contribution in [0.25, 0.3) is 0 Å². The number of amides is 1. The van der Waals surface area contributed by atoms with E-state index in [9.17, 15) is 14.9 Å². The van der Waals surface area contributed by atoms with Crippen molar-refractivity contribution >= 4 is 11.6 Å². The van der Waals surface area contributed by atoms with E-state index in [1.807, 2.05) is 13.8 Å². The third-order valence-electron chi connectivity index (χ3n) is 3.96. The molecule has 1 atom stereocenters. The summed E-state index contributed by atoms with van der Waals surface area (Å²) in [6.07, 6.45) is 2.14. The lowest BCUT2D eigenvalue weighted by Gasteiger charge is -2.18. The van der Waals surface area contributed by atoms with Crippen molar-refractivity contribution in [1.82, 2.24) is 15.5 Å². The molecule has 1 heterocycles. The number of hydrogen-bond donors (Lipinski definition) is 1. The van der Waals surface area contributed by atoms with E-state index in [4.69, 9.17) is 4.52 Å². The van der Waals surface area contributed by atoms with E-state index >= 15 is 0 Å². The molecule has 1 unspecified atom stereocenters. The molecule has 1 N–H and O–H groups in total. The minimum atomic E-state index is -0.504. The highest BCUT2D eigenvalue weighted by molar-refractivity contribution is 5.94. The van der Waals surface area contributed by atoms with Crippen LogP contribution in [0.2, 0.25) is 0 Å². The number of rotatable bonds is 6. The van der Waals surface area contributed by atoms with Crippen LogP contribution in [-0.2, 0) is 0 Å². The minimum absolute atomic E-state index is 0.0551. The van der Waals surface area contributed by atoms with Gasteiger partial charge in [-0.15, -0.1) is 0 Å². The van der Waals surface area contributed by atoms with Gasteiger partial charge < -0.3 is 9.84 Å². The fraction of sp³-hybridized carbons (Fsp3) is 0.438. The van der Waals surface area contributed by atoms with E-state index in [1.54, 1.807) is 0 Å². The molecule has 3 rings (SSSR count). The van der Waals surface area contributed by atoms with Crippen LogP contribution >= 0.6 is 0 Å². The zero-order chi connectivity index (χ0) is 17.3. The van der Waals surface area contributed by atoms with E-state index in [1.165, 1.54) is 24.3 Å². The number of nitrogens with zero attached hydrogens (tertiary/aromatic N) is 3. The van der Waals surface area contributed by atoms with Gasteiger partial charge >= 0.3 is 0 Å². The molecule has 24 heavy (non-hydrogen) atoms. The number of non-ortho nitro benzene ring substituents is 1. The average molecular weight is 330 g/mol. The maximum Gasteiger partial charge on any atom is 0.269 e. The first-order valence-corrected chi connectivity index (χ1v) is 7.84. The van der Waals surface area contributed by atoms with E-state index in [0.717, 1.165) is 12.8 Å². The van der Waals surface area contributed by atoms with Crippen LogP contribution in [0.1, 0.15) is 60.7 Å². The van der Waals surface area contributed by atoms with Crippen LogP contribution in [0, 0.1) is 16.0 Å². The third-order valence-corrected chi connectivity index (χ3v) is 3.96. The molecule has 1 aliphatic rings. The van der Waals surface area contributed by atoms with Gasteiger partial charge in [-0.3, -0.25) is 14.9 Å². The summed E-state index contributed by atoms with van der Waals surface area (Å²) in [4.78, 5) is 27.0. The smallest absolute Gasteiger partial charge is 0.269 e. The highest BCUT2D eigenvalue weighted by Crippen LogP contribution is 2.38. The van der Waals surface area contributed by atoms with E-state index < -0.39 is 11.0 Å². The van der Waals surface area contributed by atoms with Gasteiger partial charge in [-0.25, -0.2) is 0 Å². The Balaban J connectivity index is 1.74. The van der Waals surface area contributed by atoms with Crippen molar-refractivity contribution in [3.8, 4) is 0 Å². The molecule has 126 valence electrons. The number of hydrogen-bond acceptors (Lipinski definition) is 6. The Kier molecular flexibility index (Phi) is 4.28. The molecule has 0 bridgehead atoms. The van der Waals surface area contributed by atoms with Crippen molar-refractivity contribution in [3.05, 3.63) is 51.7 Å². The second kappa shape index (κ2) is 6.38. The topological polar surface area (TPSA) is 111 Å². The zero-order valence-electron chi connectivity index (χ0n) is 13.4. The van der Waals surface area contributed by atoms with E-state index in [0.29, 0.717) is 23.2 Å². The second-order valence-corrected chi connectivity index (χ2v) is 6.26. The van der Waals surface area contributed by atoms with Crippen molar-refractivity contribution in [2.24, 2.45) is 5.92 Å². The molecule has 1 saturated carbocycles. The Labute approximate surface area is 138 Å². The number of carbonyl (C=O) groups is 1. The van der Waals surface area contributed by atoms with Crippen LogP contribution in [-0.4, -0.2) is 21.0 Å². The number of aromatic nitrogens is 2. The van der Waals surface area contributed by atoms with E-state index in [2.05, 4.69) is 15.5 Å². The number of nitro groups is 1. The molecule has 0 radical (unpaired) electrons. The Morgan fingerprint density at radius 1 is 1.33 bits per heavy atom. The Morgan fingerprint density at radius 3 is 2.54 bits per heavy atom. The molecule has 1 aromatic heterocycles. The largest absolute Gasteiger partial charge is 0.340 e. The summed E-state index contributed by atoms with van der Waals surface area (Å²) in [6, 6.07) is 5.05. The quantitative estimate of drug-likeness (QED) is 0.644. The maximum atomic E-state index is 12.4. The highest BCUT2D eigenvalue weighted by atomic mass is 16.6. The van der Waals surface area contributed by atoms with Crippen LogP contribution in [0.15, 0.2) is 28.8 Å². The molecule has 1 fully saturated rings. The van der Waals surface area contributed by atoms with Gasteiger partial charge in [-0.2, -0.15) is 4.98 Å². The fourth-order valence-corrected chi connectivity index (χ4v) is 2.35. The lowest BCUT2D eigenvalue weighted by molar-refractivity contribution is -0.384. The summed E-state index contributed by atoms with van der Waals surface area (Å²) in [5.41, 5.74) is 0.283. The van der Waals surface area contributed by atoms with Gasteiger partial charge in [-0.1, -0.05) is 19.0 Å². The van der Waals surface area contributed by atoms with Gasteiger partial charge in [0.1, 0.15) is 6.04 Å². The van der Waals surface area contributed by atoms with E-state index in [-0.39, 0.29) is 17.5 Å². The molecule has 0 spiro atoms. The standard InChI is InChI=1S/C16H18N4O4/c1-9(2)13(16-18-14(19-24-16)10-3-4-10)17-15(21)11-5-7-12(8-6-11)20(22)23/h5-10,13H,3-4H2,1-2H3,(H,17,21). The first-order valence-electron chi connectivity index (χ1n) is 7.84. The van der Waals surface area contributed by atoms with Gasteiger partial charge in [0.25, 0.3) is 11.6 Å².